The average Bonchev–Trinajstić information content (AvgIpc) is 2.70. The second-order valence-corrected chi connectivity index (χ2v) is 4.40. The molecule has 0 bridgehead atoms. The first-order chi connectivity index (χ1) is 7.15. The van der Waals surface area contributed by atoms with E-state index in [2.05, 4.69) is 10.3 Å². The van der Waals surface area contributed by atoms with Crippen LogP contribution in [-0.4, -0.2) is 28.6 Å². The van der Waals surface area contributed by atoms with E-state index in [9.17, 15) is 4.79 Å². The third kappa shape index (κ3) is 3.60. The maximum Gasteiger partial charge on any atom is 0.320 e. The SMILES string of the molecule is CCC(NCC(C)c1nccs1)C(=O)O. The molecule has 15 heavy (non-hydrogen) atoms. The van der Waals surface area contributed by atoms with Crippen LogP contribution in [0.5, 0.6) is 0 Å². The zero-order valence-corrected chi connectivity index (χ0v) is 9.75. The number of thiazole rings is 1. The molecule has 0 aliphatic carbocycles. The quantitative estimate of drug-likeness (QED) is 0.778. The topological polar surface area (TPSA) is 62.2 Å². The number of aliphatic carboxylic acids is 1. The van der Waals surface area contributed by atoms with Crippen molar-refractivity contribution in [2.75, 3.05) is 6.54 Å². The molecule has 0 radical (unpaired) electrons. The Balaban J connectivity index is 2.39. The van der Waals surface area contributed by atoms with Gasteiger partial charge in [0, 0.05) is 24.0 Å². The molecular weight excluding hydrogens is 212 g/mol. The van der Waals surface area contributed by atoms with Gasteiger partial charge in [0.15, 0.2) is 0 Å². The molecular formula is C10H16N2O2S. The van der Waals surface area contributed by atoms with Gasteiger partial charge in [-0.3, -0.25) is 4.79 Å². The van der Waals surface area contributed by atoms with Gasteiger partial charge in [-0.2, -0.15) is 0 Å². The molecule has 2 atom stereocenters. The highest BCUT2D eigenvalue weighted by Gasteiger charge is 2.16. The molecule has 0 fully saturated rings. The van der Waals surface area contributed by atoms with Gasteiger partial charge in [0.25, 0.3) is 0 Å². The summed E-state index contributed by atoms with van der Waals surface area (Å²) in [5, 5.41) is 14.8. The molecule has 84 valence electrons. The Hall–Kier alpha value is -0.940. The van der Waals surface area contributed by atoms with Crippen molar-refractivity contribution in [3.63, 3.8) is 0 Å². The fourth-order valence-corrected chi connectivity index (χ4v) is 1.99. The second-order valence-electron chi connectivity index (χ2n) is 3.48. The van der Waals surface area contributed by atoms with Gasteiger partial charge < -0.3 is 10.4 Å². The van der Waals surface area contributed by atoms with E-state index >= 15 is 0 Å². The van der Waals surface area contributed by atoms with E-state index in [0.29, 0.717) is 13.0 Å². The molecule has 2 unspecified atom stereocenters. The van der Waals surface area contributed by atoms with Crippen LogP contribution in [0.4, 0.5) is 0 Å². The summed E-state index contributed by atoms with van der Waals surface area (Å²) in [6, 6.07) is -0.451. The predicted octanol–water partition coefficient (Wildman–Crippen LogP) is 1.70. The molecule has 2 N–H and O–H groups in total. The summed E-state index contributed by atoms with van der Waals surface area (Å²) in [4.78, 5) is 14.9. The first-order valence-electron chi connectivity index (χ1n) is 5.00. The zero-order chi connectivity index (χ0) is 11.3. The highest BCUT2D eigenvalue weighted by Crippen LogP contribution is 2.16. The van der Waals surface area contributed by atoms with Gasteiger partial charge >= 0.3 is 5.97 Å². The number of rotatable bonds is 6. The lowest BCUT2D eigenvalue weighted by Gasteiger charge is -2.15. The first-order valence-corrected chi connectivity index (χ1v) is 5.88. The third-order valence-corrected chi connectivity index (χ3v) is 3.26. The Bertz CT molecular complexity index is 300. The molecule has 0 amide bonds. The van der Waals surface area contributed by atoms with Crippen molar-refractivity contribution in [2.45, 2.75) is 32.2 Å². The van der Waals surface area contributed by atoms with Crippen LogP contribution in [-0.2, 0) is 4.79 Å². The molecule has 1 rings (SSSR count). The highest BCUT2D eigenvalue weighted by molar-refractivity contribution is 7.09. The van der Waals surface area contributed by atoms with Gasteiger partial charge in [-0.1, -0.05) is 13.8 Å². The minimum absolute atomic E-state index is 0.262. The van der Waals surface area contributed by atoms with Crippen molar-refractivity contribution in [1.29, 1.82) is 0 Å². The molecule has 1 aromatic rings. The summed E-state index contributed by atoms with van der Waals surface area (Å²) in [6.07, 6.45) is 2.37. The zero-order valence-electron chi connectivity index (χ0n) is 8.93. The largest absolute Gasteiger partial charge is 0.480 e. The van der Waals surface area contributed by atoms with E-state index in [-0.39, 0.29) is 5.92 Å². The number of nitrogens with one attached hydrogen (secondary N) is 1. The second kappa shape index (κ2) is 5.82. The summed E-state index contributed by atoms with van der Waals surface area (Å²) in [5.41, 5.74) is 0. The Morgan fingerprint density at radius 2 is 2.47 bits per heavy atom. The highest BCUT2D eigenvalue weighted by atomic mass is 32.1. The number of carbonyl (C=O) groups is 1. The Morgan fingerprint density at radius 3 is 2.93 bits per heavy atom. The van der Waals surface area contributed by atoms with E-state index in [1.807, 2.05) is 19.2 Å². The summed E-state index contributed by atoms with van der Waals surface area (Å²) in [6.45, 7) is 4.55. The number of aromatic nitrogens is 1. The lowest BCUT2D eigenvalue weighted by Crippen LogP contribution is -2.38. The van der Waals surface area contributed by atoms with Crippen molar-refractivity contribution in [3.8, 4) is 0 Å². The van der Waals surface area contributed by atoms with Crippen LogP contribution < -0.4 is 5.32 Å². The lowest BCUT2D eigenvalue weighted by molar-refractivity contribution is -0.139. The van der Waals surface area contributed by atoms with E-state index < -0.39 is 12.0 Å². The number of hydrogen-bond donors (Lipinski definition) is 2. The van der Waals surface area contributed by atoms with E-state index in [1.165, 1.54) is 0 Å². The monoisotopic (exact) mass is 228 g/mol. The van der Waals surface area contributed by atoms with Crippen LogP contribution in [0.1, 0.15) is 31.2 Å². The van der Waals surface area contributed by atoms with E-state index in [0.717, 1.165) is 5.01 Å². The smallest absolute Gasteiger partial charge is 0.320 e. The van der Waals surface area contributed by atoms with Gasteiger partial charge in [-0.25, -0.2) is 4.98 Å². The molecule has 0 aromatic carbocycles. The van der Waals surface area contributed by atoms with Gasteiger partial charge in [-0.15, -0.1) is 11.3 Å². The molecule has 0 spiro atoms. The van der Waals surface area contributed by atoms with Crippen LogP contribution in [0.2, 0.25) is 0 Å². The van der Waals surface area contributed by atoms with Crippen molar-refractivity contribution in [3.05, 3.63) is 16.6 Å². The fraction of sp³-hybridized carbons (Fsp3) is 0.600. The molecule has 1 heterocycles. The Morgan fingerprint density at radius 1 is 1.73 bits per heavy atom. The molecule has 5 heteroatoms. The van der Waals surface area contributed by atoms with Crippen molar-refractivity contribution < 1.29 is 9.90 Å². The number of hydrogen-bond acceptors (Lipinski definition) is 4. The van der Waals surface area contributed by atoms with Crippen LogP contribution in [0.15, 0.2) is 11.6 Å². The molecule has 0 saturated carbocycles. The normalized spacial score (nSPS) is 14.8. The minimum Gasteiger partial charge on any atom is -0.480 e. The molecule has 0 aliphatic heterocycles. The number of carboxylic acids is 1. The fourth-order valence-electron chi connectivity index (χ4n) is 1.29. The predicted molar refractivity (Wildman–Crippen MR) is 60.2 cm³/mol. The maximum atomic E-state index is 10.8. The summed E-state index contributed by atoms with van der Waals surface area (Å²) >= 11 is 1.60. The molecule has 0 saturated heterocycles. The molecule has 4 nitrogen and oxygen atoms in total. The van der Waals surface area contributed by atoms with Gasteiger partial charge in [-0.05, 0) is 6.42 Å². The van der Waals surface area contributed by atoms with Crippen LogP contribution in [0.3, 0.4) is 0 Å². The number of nitrogens with zero attached hydrogens (tertiary/aromatic N) is 1. The first kappa shape index (κ1) is 12.1. The van der Waals surface area contributed by atoms with Crippen molar-refractivity contribution in [2.24, 2.45) is 0 Å². The van der Waals surface area contributed by atoms with Gasteiger partial charge in [0.2, 0.25) is 0 Å². The number of carboxylic acid groups (broad SMARTS) is 1. The summed E-state index contributed by atoms with van der Waals surface area (Å²) < 4.78 is 0. The van der Waals surface area contributed by atoms with Crippen LogP contribution >= 0.6 is 11.3 Å². The van der Waals surface area contributed by atoms with Gasteiger partial charge in [0.1, 0.15) is 6.04 Å². The standard InChI is InChI=1S/C10H16N2O2S/c1-3-8(10(13)14)12-6-7(2)9-11-4-5-15-9/h4-5,7-8,12H,3,6H2,1-2H3,(H,13,14). The van der Waals surface area contributed by atoms with E-state index in [1.54, 1.807) is 17.5 Å². The van der Waals surface area contributed by atoms with Crippen LogP contribution in [0, 0.1) is 0 Å². The van der Waals surface area contributed by atoms with Gasteiger partial charge in [0.05, 0.1) is 5.01 Å². The van der Waals surface area contributed by atoms with Crippen molar-refractivity contribution in [1.82, 2.24) is 10.3 Å². The van der Waals surface area contributed by atoms with E-state index in [4.69, 9.17) is 5.11 Å². The van der Waals surface area contributed by atoms with Crippen LogP contribution in [0.25, 0.3) is 0 Å². The average molecular weight is 228 g/mol. The third-order valence-electron chi connectivity index (χ3n) is 2.25. The molecule has 1 aromatic heterocycles. The minimum atomic E-state index is -0.788. The Kier molecular flexibility index (Phi) is 4.71. The lowest BCUT2D eigenvalue weighted by atomic mass is 10.1. The van der Waals surface area contributed by atoms with Crippen molar-refractivity contribution >= 4 is 17.3 Å². The summed E-state index contributed by atoms with van der Waals surface area (Å²) in [7, 11) is 0. The molecule has 0 aliphatic rings. The summed E-state index contributed by atoms with van der Waals surface area (Å²) in [5.74, 6) is -0.526. The maximum absolute atomic E-state index is 10.8. The Labute approximate surface area is 93.4 Å².